The monoisotopic (exact) mass is 209 g/mol. The van der Waals surface area contributed by atoms with E-state index in [-0.39, 0.29) is 17.6 Å². The van der Waals surface area contributed by atoms with Gasteiger partial charge in [-0.3, -0.25) is 0 Å². The lowest BCUT2D eigenvalue weighted by Crippen LogP contribution is -2.13. The van der Waals surface area contributed by atoms with Gasteiger partial charge in [0.25, 0.3) is 0 Å². The van der Waals surface area contributed by atoms with E-state index in [4.69, 9.17) is 10.5 Å². The maximum atomic E-state index is 13.8. The molecule has 3 heteroatoms. The van der Waals surface area contributed by atoms with Crippen LogP contribution in [0.4, 0.5) is 4.39 Å². The molecule has 1 aliphatic rings. The molecule has 1 atom stereocenters. The summed E-state index contributed by atoms with van der Waals surface area (Å²) < 4.78 is 18.7. The van der Waals surface area contributed by atoms with E-state index in [9.17, 15) is 4.39 Å². The molecule has 0 unspecified atom stereocenters. The molecule has 0 amide bonds. The Bertz CT molecular complexity index is 349. The van der Waals surface area contributed by atoms with Crippen LogP contribution in [0.3, 0.4) is 0 Å². The van der Waals surface area contributed by atoms with Crippen LogP contribution in [0.1, 0.15) is 30.9 Å². The highest BCUT2D eigenvalue weighted by atomic mass is 19.1. The molecular weight excluding hydrogens is 193 g/mol. The van der Waals surface area contributed by atoms with Gasteiger partial charge in [-0.25, -0.2) is 4.39 Å². The summed E-state index contributed by atoms with van der Waals surface area (Å²) in [7, 11) is 1.47. The van der Waals surface area contributed by atoms with Crippen molar-refractivity contribution in [2.24, 2.45) is 11.7 Å². The van der Waals surface area contributed by atoms with E-state index < -0.39 is 0 Å². The van der Waals surface area contributed by atoms with Gasteiger partial charge >= 0.3 is 0 Å². The first-order valence-corrected chi connectivity index (χ1v) is 5.30. The standard InChI is InChI=1S/C12H16FNO/c1-15-11-4-2-3-9(12(11)13)10(14)7-8-5-6-8/h2-4,8,10H,5-7,14H2,1H3/t10-/m1/s1. The van der Waals surface area contributed by atoms with Crippen molar-refractivity contribution in [3.8, 4) is 5.75 Å². The molecule has 1 aromatic carbocycles. The first-order chi connectivity index (χ1) is 7.22. The Morgan fingerprint density at radius 1 is 1.53 bits per heavy atom. The molecule has 1 fully saturated rings. The first kappa shape index (κ1) is 10.4. The van der Waals surface area contributed by atoms with Crippen molar-refractivity contribution in [3.63, 3.8) is 0 Å². The van der Waals surface area contributed by atoms with Crippen LogP contribution >= 0.6 is 0 Å². The Labute approximate surface area is 89.2 Å². The number of methoxy groups -OCH3 is 1. The third-order valence-corrected chi connectivity index (χ3v) is 2.90. The third kappa shape index (κ3) is 2.29. The summed E-state index contributed by atoms with van der Waals surface area (Å²) in [5, 5.41) is 0. The first-order valence-electron chi connectivity index (χ1n) is 5.30. The Morgan fingerprint density at radius 2 is 2.27 bits per heavy atom. The van der Waals surface area contributed by atoms with Gasteiger partial charge in [-0.1, -0.05) is 25.0 Å². The van der Waals surface area contributed by atoms with Crippen molar-refractivity contribution >= 4 is 0 Å². The molecule has 0 saturated heterocycles. The van der Waals surface area contributed by atoms with E-state index in [1.807, 2.05) is 0 Å². The molecule has 82 valence electrons. The van der Waals surface area contributed by atoms with Crippen molar-refractivity contribution in [2.45, 2.75) is 25.3 Å². The summed E-state index contributed by atoms with van der Waals surface area (Å²) in [6.45, 7) is 0. The molecule has 0 heterocycles. The highest BCUT2D eigenvalue weighted by molar-refractivity contribution is 5.32. The number of hydrogen-bond acceptors (Lipinski definition) is 2. The molecule has 1 aliphatic carbocycles. The average molecular weight is 209 g/mol. The van der Waals surface area contributed by atoms with Crippen molar-refractivity contribution < 1.29 is 9.13 Å². The van der Waals surface area contributed by atoms with E-state index in [0.29, 0.717) is 11.5 Å². The predicted octanol–water partition coefficient (Wildman–Crippen LogP) is 2.63. The maximum absolute atomic E-state index is 13.8. The molecule has 2 rings (SSSR count). The fraction of sp³-hybridized carbons (Fsp3) is 0.500. The number of ether oxygens (including phenoxy) is 1. The summed E-state index contributed by atoms with van der Waals surface area (Å²) in [5.74, 6) is 0.664. The van der Waals surface area contributed by atoms with Gasteiger partial charge in [-0.2, -0.15) is 0 Å². The third-order valence-electron chi connectivity index (χ3n) is 2.90. The summed E-state index contributed by atoms with van der Waals surface area (Å²) in [4.78, 5) is 0. The second-order valence-corrected chi connectivity index (χ2v) is 4.15. The van der Waals surface area contributed by atoms with Gasteiger partial charge in [-0.15, -0.1) is 0 Å². The largest absolute Gasteiger partial charge is 0.494 e. The van der Waals surface area contributed by atoms with Gasteiger partial charge in [0, 0.05) is 11.6 Å². The molecule has 2 nitrogen and oxygen atoms in total. The maximum Gasteiger partial charge on any atom is 0.169 e. The van der Waals surface area contributed by atoms with Crippen LogP contribution in [-0.2, 0) is 0 Å². The zero-order valence-electron chi connectivity index (χ0n) is 8.87. The van der Waals surface area contributed by atoms with Crippen LogP contribution in [0.5, 0.6) is 5.75 Å². The van der Waals surface area contributed by atoms with E-state index in [0.717, 1.165) is 6.42 Å². The quantitative estimate of drug-likeness (QED) is 0.827. The lowest BCUT2D eigenvalue weighted by molar-refractivity contribution is 0.381. The summed E-state index contributed by atoms with van der Waals surface area (Å²) in [6.07, 6.45) is 3.35. The molecular formula is C12H16FNO. The zero-order valence-corrected chi connectivity index (χ0v) is 8.87. The molecule has 0 radical (unpaired) electrons. The van der Waals surface area contributed by atoms with Crippen LogP contribution in [0, 0.1) is 11.7 Å². The summed E-state index contributed by atoms with van der Waals surface area (Å²) in [6, 6.07) is 4.94. The minimum Gasteiger partial charge on any atom is -0.494 e. The molecule has 15 heavy (non-hydrogen) atoms. The second-order valence-electron chi connectivity index (χ2n) is 4.15. The van der Waals surface area contributed by atoms with Gasteiger partial charge in [0.1, 0.15) is 0 Å². The van der Waals surface area contributed by atoms with Crippen molar-refractivity contribution in [2.75, 3.05) is 7.11 Å². The van der Waals surface area contributed by atoms with E-state index in [1.54, 1.807) is 18.2 Å². The minimum atomic E-state index is -0.312. The predicted molar refractivity (Wildman–Crippen MR) is 57.2 cm³/mol. The summed E-state index contributed by atoms with van der Waals surface area (Å²) >= 11 is 0. The topological polar surface area (TPSA) is 35.2 Å². The van der Waals surface area contributed by atoms with Gasteiger partial charge in [0.05, 0.1) is 7.11 Å². The molecule has 1 saturated carbocycles. The smallest absolute Gasteiger partial charge is 0.169 e. The molecule has 0 aromatic heterocycles. The Morgan fingerprint density at radius 3 is 2.87 bits per heavy atom. The normalized spacial score (nSPS) is 17.5. The fourth-order valence-corrected chi connectivity index (χ4v) is 1.81. The molecule has 0 bridgehead atoms. The van der Waals surface area contributed by atoms with Crippen LogP contribution in [0.15, 0.2) is 18.2 Å². The number of rotatable bonds is 4. The lowest BCUT2D eigenvalue weighted by atomic mass is 10.0. The zero-order chi connectivity index (χ0) is 10.8. The van der Waals surface area contributed by atoms with E-state index in [2.05, 4.69) is 0 Å². The van der Waals surface area contributed by atoms with Crippen LogP contribution in [-0.4, -0.2) is 7.11 Å². The number of hydrogen-bond donors (Lipinski definition) is 1. The van der Waals surface area contributed by atoms with Gasteiger partial charge in [-0.05, 0) is 18.4 Å². The van der Waals surface area contributed by atoms with E-state index in [1.165, 1.54) is 20.0 Å². The molecule has 0 aliphatic heterocycles. The fourth-order valence-electron chi connectivity index (χ4n) is 1.81. The average Bonchev–Trinajstić information content (AvgIpc) is 3.02. The summed E-state index contributed by atoms with van der Waals surface area (Å²) in [5.41, 5.74) is 6.54. The number of nitrogens with two attached hydrogens (primary N) is 1. The van der Waals surface area contributed by atoms with Crippen LogP contribution < -0.4 is 10.5 Å². The van der Waals surface area contributed by atoms with Crippen molar-refractivity contribution in [1.82, 2.24) is 0 Å². The Balaban J connectivity index is 2.17. The second kappa shape index (κ2) is 4.19. The van der Waals surface area contributed by atoms with Crippen LogP contribution in [0.2, 0.25) is 0 Å². The highest BCUT2D eigenvalue weighted by Crippen LogP contribution is 2.37. The molecule has 0 spiro atoms. The lowest BCUT2D eigenvalue weighted by Gasteiger charge is -2.13. The number of benzene rings is 1. The molecule has 2 N–H and O–H groups in total. The number of halogens is 1. The van der Waals surface area contributed by atoms with Gasteiger partial charge < -0.3 is 10.5 Å². The van der Waals surface area contributed by atoms with Crippen molar-refractivity contribution in [1.29, 1.82) is 0 Å². The Hall–Kier alpha value is -1.09. The molecule has 1 aromatic rings. The van der Waals surface area contributed by atoms with Gasteiger partial charge in [0.15, 0.2) is 11.6 Å². The Kier molecular flexibility index (Phi) is 2.91. The highest BCUT2D eigenvalue weighted by Gasteiger charge is 2.26. The van der Waals surface area contributed by atoms with E-state index >= 15 is 0 Å². The minimum absolute atomic E-state index is 0.201. The van der Waals surface area contributed by atoms with Gasteiger partial charge in [0.2, 0.25) is 0 Å². The SMILES string of the molecule is COc1cccc([C@H](N)CC2CC2)c1F. The van der Waals surface area contributed by atoms with Crippen molar-refractivity contribution in [3.05, 3.63) is 29.6 Å². The van der Waals surface area contributed by atoms with Crippen LogP contribution in [0.25, 0.3) is 0 Å².